The number of carbonyl (C=O) groups is 2. The highest BCUT2D eigenvalue weighted by atomic mass is 16.4. The number of hydrogen-bond donors (Lipinski definition) is 1. The first kappa shape index (κ1) is 11.4. The van der Waals surface area contributed by atoms with Gasteiger partial charge in [-0.1, -0.05) is 18.2 Å². The van der Waals surface area contributed by atoms with Gasteiger partial charge < -0.3 is 9.90 Å². The third kappa shape index (κ3) is 3.54. The summed E-state index contributed by atoms with van der Waals surface area (Å²) in [5.41, 5.74) is 2.88. The number of benzene rings is 1. The molecule has 0 radical (unpaired) electrons. The van der Waals surface area contributed by atoms with Crippen LogP contribution in [0.3, 0.4) is 0 Å². The average molecular weight is 206 g/mol. The van der Waals surface area contributed by atoms with Gasteiger partial charge in [0.15, 0.2) is 0 Å². The number of carbonyl (C=O) groups excluding carboxylic acids is 1. The summed E-state index contributed by atoms with van der Waals surface area (Å²) in [5, 5.41) is 8.66. The van der Waals surface area contributed by atoms with Crippen LogP contribution in [0, 0.1) is 6.92 Å². The standard InChI is InChI=1S/C12H14O3/c1-9-7-10(3-2-6-13)4-5-11(9)8-12(14)15/h4-7H,2-3,8H2,1H3,(H,14,15). The lowest BCUT2D eigenvalue weighted by Crippen LogP contribution is -2.02. The smallest absolute Gasteiger partial charge is 0.307 e. The summed E-state index contributed by atoms with van der Waals surface area (Å²) in [6.45, 7) is 1.89. The van der Waals surface area contributed by atoms with Gasteiger partial charge in [-0.3, -0.25) is 4.79 Å². The minimum atomic E-state index is -0.821. The molecule has 0 unspecified atom stereocenters. The van der Waals surface area contributed by atoms with E-state index in [2.05, 4.69) is 0 Å². The molecular weight excluding hydrogens is 192 g/mol. The number of aliphatic carboxylic acids is 1. The normalized spacial score (nSPS) is 9.93. The summed E-state index contributed by atoms with van der Waals surface area (Å²) in [6, 6.07) is 5.65. The Balaban J connectivity index is 2.78. The zero-order chi connectivity index (χ0) is 11.3. The molecule has 80 valence electrons. The predicted octanol–water partition coefficient (Wildman–Crippen LogP) is 1.75. The number of hydrogen-bond acceptors (Lipinski definition) is 2. The van der Waals surface area contributed by atoms with Gasteiger partial charge in [0.1, 0.15) is 6.29 Å². The Kier molecular flexibility index (Phi) is 4.03. The quantitative estimate of drug-likeness (QED) is 0.747. The monoisotopic (exact) mass is 206 g/mol. The maximum Gasteiger partial charge on any atom is 0.307 e. The molecule has 0 fully saturated rings. The molecule has 3 nitrogen and oxygen atoms in total. The largest absolute Gasteiger partial charge is 0.481 e. The van der Waals surface area contributed by atoms with Crippen LogP contribution in [0.1, 0.15) is 23.1 Å². The van der Waals surface area contributed by atoms with Crippen LogP contribution in [0.4, 0.5) is 0 Å². The SMILES string of the molecule is Cc1cc(CCC=O)ccc1CC(=O)O. The summed E-state index contributed by atoms with van der Waals surface area (Å²) < 4.78 is 0. The fourth-order valence-corrected chi connectivity index (χ4v) is 1.50. The van der Waals surface area contributed by atoms with Gasteiger partial charge in [0.2, 0.25) is 0 Å². The van der Waals surface area contributed by atoms with E-state index in [1.165, 1.54) is 0 Å². The molecule has 1 N–H and O–H groups in total. The molecule has 0 atom stereocenters. The lowest BCUT2D eigenvalue weighted by molar-refractivity contribution is -0.136. The minimum absolute atomic E-state index is 0.0554. The van der Waals surface area contributed by atoms with E-state index in [0.29, 0.717) is 6.42 Å². The van der Waals surface area contributed by atoms with Gasteiger partial charge in [0, 0.05) is 6.42 Å². The van der Waals surface area contributed by atoms with Crippen molar-refractivity contribution in [3.8, 4) is 0 Å². The van der Waals surface area contributed by atoms with Crippen LogP contribution in [0.2, 0.25) is 0 Å². The Morgan fingerprint density at radius 3 is 2.73 bits per heavy atom. The minimum Gasteiger partial charge on any atom is -0.481 e. The predicted molar refractivity (Wildman–Crippen MR) is 56.9 cm³/mol. The number of carboxylic acids is 1. The third-order valence-corrected chi connectivity index (χ3v) is 2.30. The van der Waals surface area contributed by atoms with Gasteiger partial charge in [-0.25, -0.2) is 0 Å². The Labute approximate surface area is 88.7 Å². The van der Waals surface area contributed by atoms with Gasteiger partial charge in [-0.15, -0.1) is 0 Å². The van der Waals surface area contributed by atoms with Crippen molar-refractivity contribution in [2.75, 3.05) is 0 Å². The van der Waals surface area contributed by atoms with Crippen molar-refractivity contribution >= 4 is 12.3 Å². The fraction of sp³-hybridized carbons (Fsp3) is 0.333. The molecule has 0 aliphatic rings. The molecule has 0 saturated carbocycles. The first-order chi connectivity index (χ1) is 7.13. The Morgan fingerprint density at radius 2 is 2.20 bits per heavy atom. The zero-order valence-electron chi connectivity index (χ0n) is 8.69. The summed E-state index contributed by atoms with van der Waals surface area (Å²) >= 11 is 0. The highest BCUT2D eigenvalue weighted by Crippen LogP contribution is 2.13. The van der Waals surface area contributed by atoms with Crippen LogP contribution < -0.4 is 0 Å². The molecular formula is C12H14O3. The van der Waals surface area contributed by atoms with Crippen molar-refractivity contribution in [3.63, 3.8) is 0 Å². The van der Waals surface area contributed by atoms with Crippen molar-refractivity contribution in [1.82, 2.24) is 0 Å². The Bertz CT molecular complexity index is 369. The number of rotatable bonds is 5. The maximum atomic E-state index is 10.5. The van der Waals surface area contributed by atoms with Crippen LogP contribution in [0.5, 0.6) is 0 Å². The first-order valence-electron chi connectivity index (χ1n) is 4.87. The average Bonchev–Trinajstić information content (AvgIpc) is 2.18. The van der Waals surface area contributed by atoms with Crippen molar-refractivity contribution in [2.45, 2.75) is 26.2 Å². The van der Waals surface area contributed by atoms with E-state index in [9.17, 15) is 9.59 Å². The molecule has 0 aliphatic carbocycles. The van der Waals surface area contributed by atoms with Crippen molar-refractivity contribution < 1.29 is 14.7 Å². The molecule has 1 aromatic rings. The molecule has 0 aromatic heterocycles. The molecule has 0 bridgehead atoms. The molecule has 1 aromatic carbocycles. The van der Waals surface area contributed by atoms with Crippen LogP contribution >= 0.6 is 0 Å². The molecule has 0 heterocycles. The van der Waals surface area contributed by atoms with Crippen LogP contribution in [-0.2, 0) is 22.4 Å². The maximum absolute atomic E-state index is 10.5. The van der Waals surface area contributed by atoms with Crippen molar-refractivity contribution in [3.05, 3.63) is 34.9 Å². The number of carboxylic acid groups (broad SMARTS) is 1. The van der Waals surface area contributed by atoms with Crippen LogP contribution in [0.15, 0.2) is 18.2 Å². The van der Waals surface area contributed by atoms with Crippen molar-refractivity contribution in [1.29, 1.82) is 0 Å². The lowest BCUT2D eigenvalue weighted by atomic mass is 10.0. The Hall–Kier alpha value is -1.64. The van der Waals surface area contributed by atoms with Gasteiger partial charge in [0.05, 0.1) is 6.42 Å². The van der Waals surface area contributed by atoms with Gasteiger partial charge in [-0.2, -0.15) is 0 Å². The molecule has 15 heavy (non-hydrogen) atoms. The van der Waals surface area contributed by atoms with E-state index < -0.39 is 5.97 Å². The highest BCUT2D eigenvalue weighted by molar-refractivity contribution is 5.70. The summed E-state index contributed by atoms with van der Waals surface area (Å²) in [6.07, 6.45) is 2.18. The van der Waals surface area contributed by atoms with E-state index in [0.717, 1.165) is 29.4 Å². The second kappa shape index (κ2) is 5.29. The van der Waals surface area contributed by atoms with E-state index in [1.54, 1.807) is 0 Å². The van der Waals surface area contributed by atoms with E-state index >= 15 is 0 Å². The summed E-state index contributed by atoms with van der Waals surface area (Å²) in [5.74, 6) is -0.821. The summed E-state index contributed by atoms with van der Waals surface area (Å²) in [7, 11) is 0. The zero-order valence-corrected chi connectivity index (χ0v) is 8.69. The highest BCUT2D eigenvalue weighted by Gasteiger charge is 2.04. The topological polar surface area (TPSA) is 54.4 Å². The van der Waals surface area contributed by atoms with E-state index in [1.807, 2.05) is 25.1 Å². The van der Waals surface area contributed by atoms with Crippen LogP contribution in [0.25, 0.3) is 0 Å². The molecule has 0 spiro atoms. The van der Waals surface area contributed by atoms with E-state index in [4.69, 9.17) is 5.11 Å². The van der Waals surface area contributed by atoms with Gasteiger partial charge in [0.25, 0.3) is 0 Å². The summed E-state index contributed by atoms with van der Waals surface area (Å²) in [4.78, 5) is 20.7. The Morgan fingerprint density at radius 1 is 1.47 bits per heavy atom. The number of aryl methyl sites for hydroxylation is 2. The molecule has 1 rings (SSSR count). The fourth-order valence-electron chi connectivity index (χ4n) is 1.50. The van der Waals surface area contributed by atoms with Crippen LogP contribution in [-0.4, -0.2) is 17.4 Å². The second-order valence-corrected chi connectivity index (χ2v) is 3.54. The van der Waals surface area contributed by atoms with E-state index in [-0.39, 0.29) is 6.42 Å². The van der Waals surface area contributed by atoms with Gasteiger partial charge >= 0.3 is 5.97 Å². The lowest BCUT2D eigenvalue weighted by Gasteiger charge is -2.05. The molecule has 0 aliphatic heterocycles. The molecule has 0 amide bonds. The molecule has 0 saturated heterocycles. The third-order valence-electron chi connectivity index (χ3n) is 2.30. The first-order valence-corrected chi connectivity index (χ1v) is 4.87. The number of aldehydes is 1. The van der Waals surface area contributed by atoms with Crippen molar-refractivity contribution in [2.24, 2.45) is 0 Å². The second-order valence-electron chi connectivity index (χ2n) is 3.54. The molecule has 3 heteroatoms. The van der Waals surface area contributed by atoms with Gasteiger partial charge in [-0.05, 0) is 30.0 Å².